The zero-order valence-electron chi connectivity index (χ0n) is 16.9. The van der Waals surface area contributed by atoms with Gasteiger partial charge in [-0.25, -0.2) is 13.8 Å². The van der Waals surface area contributed by atoms with E-state index in [1.54, 1.807) is 17.1 Å². The third-order valence-corrected chi connectivity index (χ3v) is 5.48. The molecule has 1 heterocycles. The second-order valence-electron chi connectivity index (χ2n) is 7.43. The van der Waals surface area contributed by atoms with Crippen LogP contribution in [-0.2, 0) is 4.79 Å². The number of hydrogen-bond donors (Lipinski definition) is 1. The van der Waals surface area contributed by atoms with Crippen molar-refractivity contribution in [3.8, 4) is 0 Å². The zero-order valence-corrected chi connectivity index (χ0v) is 16.9. The van der Waals surface area contributed by atoms with Crippen molar-refractivity contribution in [2.45, 2.75) is 38.6 Å². The number of rotatable bonds is 8. The lowest BCUT2D eigenvalue weighted by Gasteiger charge is -2.37. The second-order valence-corrected chi connectivity index (χ2v) is 7.43. The highest BCUT2D eigenvalue weighted by atomic mass is 19.1. The molecule has 6 heteroatoms. The number of benzene rings is 2. The van der Waals surface area contributed by atoms with Crippen molar-refractivity contribution >= 4 is 17.3 Å². The summed E-state index contributed by atoms with van der Waals surface area (Å²) in [5.41, 5.74) is 1.30. The lowest BCUT2D eigenvalue weighted by atomic mass is 9.77. The molecule has 4 nitrogen and oxygen atoms in total. The van der Waals surface area contributed by atoms with E-state index in [9.17, 15) is 13.6 Å². The molecule has 1 aliphatic heterocycles. The summed E-state index contributed by atoms with van der Waals surface area (Å²) in [7, 11) is 0. The highest BCUT2D eigenvalue weighted by Gasteiger charge is 2.53. The lowest BCUT2D eigenvalue weighted by Crippen LogP contribution is -2.58. The predicted octanol–water partition coefficient (Wildman–Crippen LogP) is 4.70. The van der Waals surface area contributed by atoms with Gasteiger partial charge in [0.15, 0.2) is 0 Å². The van der Waals surface area contributed by atoms with Crippen molar-refractivity contribution in [1.29, 1.82) is 0 Å². The number of para-hydroxylation sites is 1. The smallest absolute Gasteiger partial charge is 0.248 e. The summed E-state index contributed by atoms with van der Waals surface area (Å²) in [4.78, 5) is 13.3. The van der Waals surface area contributed by atoms with Crippen LogP contribution in [0.1, 0.15) is 38.7 Å². The van der Waals surface area contributed by atoms with Gasteiger partial charge in [0.25, 0.3) is 0 Å². The molecule has 0 saturated carbocycles. The molecule has 2 aromatic carbocycles. The average Bonchev–Trinajstić information content (AvgIpc) is 3.05. The van der Waals surface area contributed by atoms with E-state index in [1.807, 2.05) is 37.3 Å². The van der Waals surface area contributed by atoms with E-state index < -0.39 is 12.2 Å². The molecule has 0 radical (unpaired) electrons. The summed E-state index contributed by atoms with van der Waals surface area (Å²) in [6.45, 7) is 3.29. The monoisotopic (exact) mass is 399 g/mol. The molecular formula is C23H27F2N3O. The van der Waals surface area contributed by atoms with E-state index in [1.165, 1.54) is 12.1 Å². The molecule has 2 atom stereocenters. The molecular weight excluding hydrogens is 372 g/mol. The maximum Gasteiger partial charge on any atom is 0.248 e. The molecule has 2 unspecified atom stereocenters. The molecule has 0 saturated heterocycles. The van der Waals surface area contributed by atoms with Crippen LogP contribution in [0.3, 0.4) is 0 Å². The van der Waals surface area contributed by atoms with Gasteiger partial charge in [-0.15, -0.1) is 0 Å². The molecule has 29 heavy (non-hydrogen) atoms. The molecule has 1 N–H and O–H groups in total. The first kappa shape index (κ1) is 21.0. The van der Waals surface area contributed by atoms with Crippen LogP contribution in [0.15, 0.2) is 59.7 Å². The highest BCUT2D eigenvalue weighted by Crippen LogP contribution is 2.41. The minimum absolute atomic E-state index is 0.0383. The van der Waals surface area contributed by atoms with E-state index in [0.29, 0.717) is 0 Å². The molecule has 1 amide bonds. The fourth-order valence-electron chi connectivity index (χ4n) is 3.89. The Labute approximate surface area is 170 Å². The van der Waals surface area contributed by atoms with Gasteiger partial charge in [-0.3, -0.25) is 4.79 Å². The highest BCUT2D eigenvalue weighted by molar-refractivity contribution is 6.10. The van der Waals surface area contributed by atoms with Gasteiger partial charge in [0.1, 0.15) is 18.0 Å². The summed E-state index contributed by atoms with van der Waals surface area (Å²) in [5.74, 6) is -0.797. The maximum absolute atomic E-state index is 13.5. The quantitative estimate of drug-likeness (QED) is 0.699. The van der Waals surface area contributed by atoms with Gasteiger partial charge in [0, 0.05) is 12.5 Å². The Balaban J connectivity index is 2.10. The van der Waals surface area contributed by atoms with E-state index >= 15 is 0 Å². The van der Waals surface area contributed by atoms with Crippen molar-refractivity contribution in [2.24, 2.45) is 11.0 Å². The zero-order chi connectivity index (χ0) is 20.9. The van der Waals surface area contributed by atoms with E-state index in [4.69, 9.17) is 5.10 Å². The van der Waals surface area contributed by atoms with Crippen LogP contribution in [0, 0.1) is 11.7 Å². The first-order valence-electron chi connectivity index (χ1n) is 10.1. The second kappa shape index (κ2) is 9.16. The number of nitrogens with zero attached hydrogens (tertiary/aromatic N) is 2. The Kier molecular flexibility index (Phi) is 6.62. The molecule has 2 aromatic rings. The fraction of sp³-hybridized carbons (Fsp3) is 0.391. The molecule has 154 valence electrons. The molecule has 0 spiro atoms. The Morgan fingerprint density at radius 2 is 1.86 bits per heavy atom. The number of carbonyl (C=O) groups excluding carboxylic acids is 1. The van der Waals surface area contributed by atoms with E-state index in [0.717, 1.165) is 36.2 Å². The van der Waals surface area contributed by atoms with Crippen molar-refractivity contribution in [1.82, 2.24) is 5.32 Å². The third-order valence-electron chi connectivity index (χ3n) is 5.48. The van der Waals surface area contributed by atoms with Gasteiger partial charge in [-0.05, 0) is 43.2 Å². The maximum atomic E-state index is 13.5. The fourth-order valence-corrected chi connectivity index (χ4v) is 3.89. The normalized spacial score (nSPS) is 21.2. The number of anilines is 1. The minimum Gasteiger partial charge on any atom is -0.351 e. The van der Waals surface area contributed by atoms with Gasteiger partial charge in [-0.1, -0.05) is 50.1 Å². The number of hydrogen-bond acceptors (Lipinski definition) is 3. The van der Waals surface area contributed by atoms with Crippen LogP contribution < -0.4 is 10.3 Å². The number of unbranched alkanes of at least 4 members (excludes halogenated alkanes) is 1. The lowest BCUT2D eigenvalue weighted by molar-refractivity contribution is -0.126. The van der Waals surface area contributed by atoms with E-state index in [2.05, 4.69) is 12.2 Å². The predicted molar refractivity (Wildman–Crippen MR) is 112 cm³/mol. The van der Waals surface area contributed by atoms with Gasteiger partial charge < -0.3 is 5.32 Å². The molecule has 0 fully saturated rings. The summed E-state index contributed by atoms with van der Waals surface area (Å²) >= 11 is 0. The molecule has 1 aliphatic rings. The van der Waals surface area contributed by atoms with Crippen LogP contribution in [0.2, 0.25) is 0 Å². The van der Waals surface area contributed by atoms with Crippen LogP contribution >= 0.6 is 0 Å². The number of hydrazone groups is 1. The first-order valence-corrected chi connectivity index (χ1v) is 10.1. The van der Waals surface area contributed by atoms with Gasteiger partial charge >= 0.3 is 0 Å². The molecule has 0 aliphatic carbocycles. The van der Waals surface area contributed by atoms with Crippen LogP contribution in [0.25, 0.3) is 0 Å². The first-order chi connectivity index (χ1) is 14.0. The molecule has 3 rings (SSSR count). The van der Waals surface area contributed by atoms with Crippen LogP contribution in [0.4, 0.5) is 14.5 Å². The molecule has 0 bridgehead atoms. The molecule has 0 aromatic heterocycles. The van der Waals surface area contributed by atoms with Crippen molar-refractivity contribution in [3.63, 3.8) is 0 Å². The average molecular weight is 399 g/mol. The Hall–Kier alpha value is -2.76. The summed E-state index contributed by atoms with van der Waals surface area (Å²) in [6.07, 6.45) is 2.63. The number of nitrogens with one attached hydrogen (secondary N) is 1. The standard InChI is InChI=1S/C23H27F2N3O/c1-3-4-10-20-21(17-11-13-18(25)14-12-17)27-28(19-8-6-5-7-9-19)23(20,2)22(29)26-16-15-24/h5-9,11-14,20H,3-4,10,15-16H2,1-2H3,(H,26,29). The van der Waals surface area contributed by atoms with Gasteiger partial charge in [0.2, 0.25) is 5.91 Å². The topological polar surface area (TPSA) is 44.7 Å². The summed E-state index contributed by atoms with van der Waals surface area (Å²) in [6, 6.07) is 15.7. The number of carbonyl (C=O) groups is 1. The Bertz CT molecular complexity index is 854. The van der Waals surface area contributed by atoms with Crippen molar-refractivity contribution in [3.05, 3.63) is 66.0 Å². The number of amides is 1. The van der Waals surface area contributed by atoms with Gasteiger partial charge in [0.05, 0.1) is 11.4 Å². The summed E-state index contributed by atoms with van der Waals surface area (Å²) < 4.78 is 26.3. The van der Waals surface area contributed by atoms with Crippen molar-refractivity contribution in [2.75, 3.05) is 18.2 Å². The van der Waals surface area contributed by atoms with Crippen LogP contribution in [0.5, 0.6) is 0 Å². The summed E-state index contributed by atoms with van der Waals surface area (Å²) in [5, 5.41) is 9.30. The van der Waals surface area contributed by atoms with E-state index in [-0.39, 0.29) is 24.2 Å². The number of alkyl halides is 1. The Morgan fingerprint density at radius 1 is 1.17 bits per heavy atom. The number of halogens is 2. The minimum atomic E-state index is -1.02. The van der Waals surface area contributed by atoms with Crippen molar-refractivity contribution < 1.29 is 13.6 Å². The van der Waals surface area contributed by atoms with Gasteiger partial charge in [-0.2, -0.15) is 5.10 Å². The van der Waals surface area contributed by atoms with Crippen LogP contribution in [-0.4, -0.2) is 30.4 Å². The largest absolute Gasteiger partial charge is 0.351 e. The SMILES string of the molecule is CCCCC1C(c2ccc(F)cc2)=NN(c2ccccc2)C1(C)C(=O)NCCF. The Morgan fingerprint density at radius 3 is 2.48 bits per heavy atom. The third kappa shape index (κ3) is 4.16.